The summed E-state index contributed by atoms with van der Waals surface area (Å²) in [5.41, 5.74) is 0. The number of nitrogens with one attached hydrogen (secondary N) is 1. The van der Waals surface area contributed by atoms with Crippen molar-refractivity contribution >= 4 is 17.7 Å². The van der Waals surface area contributed by atoms with Crippen LogP contribution in [0.4, 0.5) is 0 Å². The number of carbonyl (C=O) groups excluding carboxylic acids is 1. The van der Waals surface area contributed by atoms with Crippen molar-refractivity contribution in [3.8, 4) is 0 Å². The van der Waals surface area contributed by atoms with E-state index in [2.05, 4.69) is 12.2 Å². The molecule has 0 bridgehead atoms. The van der Waals surface area contributed by atoms with Crippen molar-refractivity contribution in [2.24, 2.45) is 0 Å². The zero-order chi connectivity index (χ0) is 12.9. The third kappa shape index (κ3) is 9.44. The Morgan fingerprint density at radius 1 is 1.35 bits per heavy atom. The maximum Gasteiger partial charge on any atom is 0.323 e. The second-order valence-corrected chi connectivity index (χ2v) is 4.88. The van der Waals surface area contributed by atoms with Crippen molar-refractivity contribution in [3.05, 3.63) is 0 Å². The summed E-state index contributed by atoms with van der Waals surface area (Å²) in [6.07, 6.45) is 1.83. The van der Waals surface area contributed by atoms with Crippen LogP contribution in [0.2, 0.25) is 0 Å². The van der Waals surface area contributed by atoms with Crippen molar-refractivity contribution in [2.75, 3.05) is 38.4 Å². The molecule has 0 spiro atoms. The van der Waals surface area contributed by atoms with E-state index in [1.807, 2.05) is 6.92 Å². The number of carbonyl (C=O) groups is 1. The van der Waals surface area contributed by atoms with Crippen LogP contribution in [0.25, 0.3) is 0 Å². The molecule has 1 N–H and O–H groups in total. The third-order valence-electron chi connectivity index (χ3n) is 2.19. The highest BCUT2D eigenvalue weighted by atomic mass is 32.2. The molecule has 1 atom stereocenters. The van der Waals surface area contributed by atoms with Gasteiger partial charge in [0.15, 0.2) is 0 Å². The van der Waals surface area contributed by atoms with Gasteiger partial charge in [-0.25, -0.2) is 0 Å². The molecular weight excluding hydrogens is 238 g/mol. The molecule has 0 radical (unpaired) electrons. The molecule has 4 nitrogen and oxygen atoms in total. The smallest absolute Gasteiger partial charge is 0.323 e. The number of ether oxygens (including phenoxy) is 2. The second-order valence-electron chi connectivity index (χ2n) is 3.65. The lowest BCUT2D eigenvalue weighted by Crippen LogP contribution is -2.39. The van der Waals surface area contributed by atoms with Crippen molar-refractivity contribution in [1.82, 2.24) is 5.32 Å². The summed E-state index contributed by atoms with van der Waals surface area (Å²) in [5, 5.41) is 3.23. The van der Waals surface area contributed by atoms with E-state index in [0.717, 1.165) is 37.5 Å². The van der Waals surface area contributed by atoms with Crippen LogP contribution >= 0.6 is 11.8 Å². The van der Waals surface area contributed by atoms with E-state index in [-0.39, 0.29) is 12.0 Å². The quantitative estimate of drug-likeness (QED) is 0.454. The molecule has 0 aromatic heterocycles. The first-order valence-electron chi connectivity index (χ1n) is 6.22. The van der Waals surface area contributed by atoms with E-state index in [9.17, 15) is 4.79 Å². The molecule has 1 unspecified atom stereocenters. The maximum absolute atomic E-state index is 11.7. The lowest BCUT2D eigenvalue weighted by molar-refractivity contribution is -0.145. The summed E-state index contributed by atoms with van der Waals surface area (Å²) in [6, 6.07) is -0.162. The maximum atomic E-state index is 11.7. The Kier molecular flexibility index (Phi) is 12.0. The molecule has 0 amide bonds. The van der Waals surface area contributed by atoms with Gasteiger partial charge in [0.1, 0.15) is 6.04 Å². The second kappa shape index (κ2) is 12.2. The molecule has 102 valence electrons. The van der Waals surface area contributed by atoms with E-state index in [1.54, 1.807) is 18.9 Å². The van der Waals surface area contributed by atoms with Crippen LogP contribution in [0, 0.1) is 0 Å². The summed E-state index contributed by atoms with van der Waals surface area (Å²) in [6.45, 7) is 5.98. The number of rotatable bonds is 11. The minimum Gasteiger partial charge on any atom is -0.465 e. The Bertz CT molecular complexity index is 191. The van der Waals surface area contributed by atoms with Crippen molar-refractivity contribution in [3.63, 3.8) is 0 Å². The SMILES string of the molecule is CCCNC(CCSCCOC)C(=O)OCC. The van der Waals surface area contributed by atoms with Gasteiger partial charge in [0.2, 0.25) is 0 Å². The molecule has 0 aliphatic rings. The van der Waals surface area contributed by atoms with Gasteiger partial charge in [-0.2, -0.15) is 11.8 Å². The van der Waals surface area contributed by atoms with E-state index in [0.29, 0.717) is 6.61 Å². The normalized spacial score (nSPS) is 12.4. The number of hydrogen-bond donors (Lipinski definition) is 1. The molecule has 0 aromatic carbocycles. The Morgan fingerprint density at radius 3 is 2.71 bits per heavy atom. The molecule has 0 saturated heterocycles. The van der Waals surface area contributed by atoms with Gasteiger partial charge in [-0.1, -0.05) is 6.92 Å². The number of hydrogen-bond acceptors (Lipinski definition) is 5. The molecule has 5 heteroatoms. The van der Waals surface area contributed by atoms with Crippen LogP contribution in [0.5, 0.6) is 0 Å². The number of esters is 1. The largest absolute Gasteiger partial charge is 0.465 e. The molecule has 0 aliphatic carbocycles. The van der Waals surface area contributed by atoms with Gasteiger partial charge in [-0.3, -0.25) is 4.79 Å². The van der Waals surface area contributed by atoms with Crippen LogP contribution in [-0.4, -0.2) is 50.4 Å². The minimum atomic E-state index is -0.162. The van der Waals surface area contributed by atoms with E-state index < -0.39 is 0 Å². The average molecular weight is 263 g/mol. The van der Waals surface area contributed by atoms with Crippen molar-refractivity contribution in [1.29, 1.82) is 0 Å². The molecule has 0 aromatic rings. The Morgan fingerprint density at radius 2 is 2.12 bits per heavy atom. The molecule has 0 rings (SSSR count). The fourth-order valence-corrected chi connectivity index (χ4v) is 2.20. The molecule has 0 heterocycles. The van der Waals surface area contributed by atoms with E-state index in [1.165, 1.54) is 0 Å². The predicted octanol–water partition coefficient (Wildman–Crippen LogP) is 1.69. The van der Waals surface area contributed by atoms with Gasteiger partial charge in [-0.15, -0.1) is 0 Å². The predicted molar refractivity (Wildman–Crippen MR) is 72.5 cm³/mol. The molecular formula is C12H25NO3S. The zero-order valence-electron chi connectivity index (χ0n) is 11.2. The summed E-state index contributed by atoms with van der Waals surface area (Å²) < 4.78 is 10.0. The number of thioether (sulfide) groups is 1. The highest BCUT2D eigenvalue weighted by Crippen LogP contribution is 2.06. The third-order valence-corrected chi connectivity index (χ3v) is 3.17. The lowest BCUT2D eigenvalue weighted by atomic mass is 10.2. The highest BCUT2D eigenvalue weighted by molar-refractivity contribution is 7.99. The van der Waals surface area contributed by atoms with E-state index in [4.69, 9.17) is 9.47 Å². The van der Waals surface area contributed by atoms with Crippen molar-refractivity contribution < 1.29 is 14.3 Å². The summed E-state index contributed by atoms with van der Waals surface area (Å²) in [4.78, 5) is 11.7. The molecule has 0 fully saturated rings. The average Bonchev–Trinajstić information content (AvgIpc) is 2.33. The molecule has 0 aliphatic heterocycles. The molecule has 17 heavy (non-hydrogen) atoms. The van der Waals surface area contributed by atoms with Gasteiger partial charge in [0.25, 0.3) is 0 Å². The van der Waals surface area contributed by atoms with Crippen LogP contribution in [0.3, 0.4) is 0 Å². The van der Waals surface area contributed by atoms with Crippen LogP contribution in [-0.2, 0) is 14.3 Å². The van der Waals surface area contributed by atoms with Gasteiger partial charge < -0.3 is 14.8 Å². The fraction of sp³-hybridized carbons (Fsp3) is 0.917. The highest BCUT2D eigenvalue weighted by Gasteiger charge is 2.17. The first kappa shape index (κ1) is 16.7. The van der Waals surface area contributed by atoms with Crippen LogP contribution in [0.15, 0.2) is 0 Å². The first-order chi connectivity index (χ1) is 8.26. The van der Waals surface area contributed by atoms with Gasteiger partial charge in [0.05, 0.1) is 13.2 Å². The van der Waals surface area contributed by atoms with Gasteiger partial charge in [-0.05, 0) is 32.1 Å². The van der Waals surface area contributed by atoms with Crippen molar-refractivity contribution in [2.45, 2.75) is 32.7 Å². The molecule has 0 saturated carbocycles. The first-order valence-corrected chi connectivity index (χ1v) is 7.38. The summed E-state index contributed by atoms with van der Waals surface area (Å²) >= 11 is 1.80. The standard InChI is InChI=1S/C12H25NO3S/c1-4-7-13-11(12(14)16-5-2)6-9-17-10-8-15-3/h11,13H,4-10H2,1-3H3. The lowest BCUT2D eigenvalue weighted by Gasteiger charge is -2.16. The summed E-state index contributed by atoms with van der Waals surface area (Å²) in [5.74, 6) is 1.79. The Labute approximate surface area is 109 Å². The topological polar surface area (TPSA) is 47.6 Å². The monoisotopic (exact) mass is 263 g/mol. The fourth-order valence-electron chi connectivity index (χ4n) is 1.31. The van der Waals surface area contributed by atoms with E-state index >= 15 is 0 Å². The van der Waals surface area contributed by atoms with Crippen LogP contribution in [0.1, 0.15) is 26.7 Å². The summed E-state index contributed by atoms with van der Waals surface area (Å²) in [7, 11) is 1.70. The minimum absolute atomic E-state index is 0.131. The zero-order valence-corrected chi connectivity index (χ0v) is 12.0. The Hall–Kier alpha value is -0.260. The Balaban J connectivity index is 3.80. The van der Waals surface area contributed by atoms with Gasteiger partial charge >= 0.3 is 5.97 Å². The van der Waals surface area contributed by atoms with Gasteiger partial charge in [0, 0.05) is 12.9 Å². The number of methoxy groups -OCH3 is 1. The van der Waals surface area contributed by atoms with Crippen LogP contribution < -0.4 is 5.32 Å².